The highest BCUT2D eigenvalue weighted by atomic mass is 32.1. The van der Waals surface area contributed by atoms with Gasteiger partial charge in [0, 0.05) is 21.8 Å². The Bertz CT molecular complexity index is 944. The van der Waals surface area contributed by atoms with Crippen molar-refractivity contribution < 1.29 is 18.7 Å². The number of halogens is 1. The number of thiophene rings is 1. The quantitative estimate of drug-likeness (QED) is 0.477. The molecular weight excluding hydrogens is 353 g/mol. The van der Waals surface area contributed by atoms with Crippen molar-refractivity contribution in [1.29, 1.82) is 0 Å². The van der Waals surface area contributed by atoms with E-state index in [1.807, 2.05) is 35.9 Å². The van der Waals surface area contributed by atoms with Crippen molar-refractivity contribution >= 4 is 23.1 Å². The van der Waals surface area contributed by atoms with E-state index in [0.29, 0.717) is 12.1 Å². The second-order valence-corrected chi connectivity index (χ2v) is 6.99. The van der Waals surface area contributed by atoms with E-state index >= 15 is 0 Å². The van der Waals surface area contributed by atoms with Crippen LogP contribution in [0.4, 0.5) is 4.39 Å². The zero-order chi connectivity index (χ0) is 18.7. The van der Waals surface area contributed by atoms with Gasteiger partial charge < -0.3 is 9.30 Å². The first-order valence-electron chi connectivity index (χ1n) is 8.10. The Kier molecular flexibility index (Phi) is 5.32. The highest BCUT2D eigenvalue weighted by Gasteiger charge is 2.19. The fourth-order valence-electron chi connectivity index (χ4n) is 2.76. The Morgan fingerprint density at radius 3 is 2.65 bits per heavy atom. The maximum Gasteiger partial charge on any atom is 0.340 e. The molecule has 0 aliphatic rings. The molecule has 0 radical (unpaired) electrons. The first-order valence-corrected chi connectivity index (χ1v) is 8.98. The summed E-state index contributed by atoms with van der Waals surface area (Å²) >= 11 is 1.65. The Hall–Kier alpha value is -2.73. The minimum absolute atomic E-state index is 0.181. The molecule has 6 heteroatoms. The highest BCUT2D eigenvalue weighted by molar-refractivity contribution is 7.09. The monoisotopic (exact) mass is 371 g/mol. The number of carbonyl (C=O) groups is 2. The molecule has 4 nitrogen and oxygen atoms in total. The Balaban J connectivity index is 1.69. The van der Waals surface area contributed by atoms with Crippen molar-refractivity contribution in [2.75, 3.05) is 6.61 Å². The summed E-state index contributed by atoms with van der Waals surface area (Å²) < 4.78 is 20.4. The Morgan fingerprint density at radius 1 is 1.15 bits per heavy atom. The van der Waals surface area contributed by atoms with Crippen LogP contribution in [0.3, 0.4) is 0 Å². The molecule has 0 aliphatic heterocycles. The van der Waals surface area contributed by atoms with Crippen molar-refractivity contribution in [2.45, 2.75) is 20.4 Å². The Labute approximate surface area is 154 Å². The van der Waals surface area contributed by atoms with E-state index in [2.05, 4.69) is 0 Å². The molecule has 2 aromatic heterocycles. The normalized spacial score (nSPS) is 10.7. The maximum atomic E-state index is 13.2. The molecule has 0 atom stereocenters. The largest absolute Gasteiger partial charge is 0.454 e. The smallest absolute Gasteiger partial charge is 0.340 e. The third kappa shape index (κ3) is 3.91. The minimum atomic E-state index is -0.555. The molecule has 0 spiro atoms. The number of hydrogen-bond donors (Lipinski definition) is 0. The summed E-state index contributed by atoms with van der Waals surface area (Å²) in [6.07, 6.45) is 0. The number of Topliss-reactive ketones (excluding diaryl/α,β-unsaturated/α-hetero) is 1. The predicted octanol–water partition coefficient (Wildman–Crippen LogP) is 4.39. The van der Waals surface area contributed by atoms with Crippen LogP contribution in [0.15, 0.2) is 47.8 Å². The van der Waals surface area contributed by atoms with Crippen LogP contribution in [-0.4, -0.2) is 22.9 Å². The van der Waals surface area contributed by atoms with Crippen LogP contribution in [0.2, 0.25) is 0 Å². The number of hydrogen-bond acceptors (Lipinski definition) is 4. The standard InChI is InChI=1S/C20H18FNO3S/c1-13-9-18(14(2)22(13)11-17-7-4-8-26-17)20(24)25-12-19(23)15-5-3-6-16(21)10-15/h3-10H,11-12H2,1-2H3. The molecule has 2 heterocycles. The van der Waals surface area contributed by atoms with Crippen molar-refractivity contribution in [3.63, 3.8) is 0 Å². The van der Waals surface area contributed by atoms with Crippen LogP contribution in [0, 0.1) is 19.7 Å². The minimum Gasteiger partial charge on any atom is -0.454 e. The zero-order valence-corrected chi connectivity index (χ0v) is 15.3. The number of benzene rings is 1. The van der Waals surface area contributed by atoms with Crippen LogP contribution in [-0.2, 0) is 11.3 Å². The number of aromatic nitrogens is 1. The summed E-state index contributed by atoms with van der Waals surface area (Å²) in [5, 5.41) is 2.01. The van der Waals surface area contributed by atoms with E-state index in [1.165, 1.54) is 23.1 Å². The highest BCUT2D eigenvalue weighted by Crippen LogP contribution is 2.20. The lowest BCUT2D eigenvalue weighted by Gasteiger charge is -2.08. The van der Waals surface area contributed by atoms with Crippen LogP contribution < -0.4 is 0 Å². The lowest BCUT2D eigenvalue weighted by atomic mass is 10.1. The predicted molar refractivity (Wildman–Crippen MR) is 98.3 cm³/mol. The van der Waals surface area contributed by atoms with E-state index in [0.717, 1.165) is 17.5 Å². The molecule has 0 N–H and O–H groups in total. The van der Waals surface area contributed by atoms with Gasteiger partial charge in [-0.15, -0.1) is 11.3 Å². The van der Waals surface area contributed by atoms with Gasteiger partial charge in [-0.05, 0) is 43.5 Å². The average molecular weight is 371 g/mol. The number of nitrogens with zero attached hydrogens (tertiary/aromatic N) is 1. The average Bonchev–Trinajstić information content (AvgIpc) is 3.23. The molecule has 134 valence electrons. The van der Waals surface area contributed by atoms with Crippen molar-refractivity contribution in [1.82, 2.24) is 4.57 Å². The number of esters is 1. The molecule has 3 aromatic rings. The van der Waals surface area contributed by atoms with Gasteiger partial charge in [0.15, 0.2) is 12.4 Å². The van der Waals surface area contributed by atoms with Crippen molar-refractivity contribution in [3.8, 4) is 0 Å². The van der Waals surface area contributed by atoms with Crippen LogP contribution in [0.25, 0.3) is 0 Å². The van der Waals surface area contributed by atoms with Gasteiger partial charge in [0.25, 0.3) is 0 Å². The number of rotatable bonds is 6. The topological polar surface area (TPSA) is 48.3 Å². The van der Waals surface area contributed by atoms with E-state index in [-0.39, 0.29) is 5.56 Å². The van der Waals surface area contributed by atoms with E-state index < -0.39 is 24.2 Å². The van der Waals surface area contributed by atoms with Crippen molar-refractivity contribution in [3.05, 3.63) is 81.1 Å². The summed E-state index contributed by atoms with van der Waals surface area (Å²) in [6, 6.07) is 11.1. The summed E-state index contributed by atoms with van der Waals surface area (Å²) in [4.78, 5) is 25.6. The number of aryl methyl sites for hydroxylation is 1. The summed E-state index contributed by atoms with van der Waals surface area (Å²) in [5.41, 5.74) is 2.35. The molecule has 0 bridgehead atoms. The van der Waals surface area contributed by atoms with Gasteiger partial charge in [0.1, 0.15) is 5.82 Å². The third-order valence-electron chi connectivity index (χ3n) is 4.17. The number of ketones is 1. The molecule has 0 fully saturated rings. The van der Waals surface area contributed by atoms with Gasteiger partial charge in [0.2, 0.25) is 0 Å². The summed E-state index contributed by atoms with van der Waals surface area (Å²) in [6.45, 7) is 4.04. The fourth-order valence-corrected chi connectivity index (χ4v) is 3.46. The molecular formula is C20H18FNO3S. The molecule has 0 amide bonds. The third-order valence-corrected chi connectivity index (χ3v) is 5.03. The summed E-state index contributed by atoms with van der Waals surface area (Å²) in [5.74, 6) is -1.50. The summed E-state index contributed by atoms with van der Waals surface area (Å²) in [7, 11) is 0. The molecule has 26 heavy (non-hydrogen) atoms. The molecule has 0 saturated carbocycles. The fraction of sp³-hybridized carbons (Fsp3) is 0.200. The SMILES string of the molecule is Cc1cc(C(=O)OCC(=O)c2cccc(F)c2)c(C)n1Cc1cccs1. The Morgan fingerprint density at radius 2 is 1.96 bits per heavy atom. The van der Waals surface area contributed by atoms with Gasteiger partial charge >= 0.3 is 5.97 Å². The van der Waals surface area contributed by atoms with Crippen LogP contribution >= 0.6 is 11.3 Å². The van der Waals surface area contributed by atoms with Gasteiger partial charge in [-0.25, -0.2) is 9.18 Å². The number of ether oxygens (including phenoxy) is 1. The molecule has 0 saturated heterocycles. The van der Waals surface area contributed by atoms with Gasteiger partial charge in [-0.3, -0.25) is 4.79 Å². The first kappa shape index (κ1) is 18.1. The molecule has 0 unspecified atom stereocenters. The van der Waals surface area contributed by atoms with E-state index in [9.17, 15) is 14.0 Å². The van der Waals surface area contributed by atoms with Gasteiger partial charge in [0.05, 0.1) is 12.1 Å². The van der Waals surface area contributed by atoms with E-state index in [4.69, 9.17) is 4.74 Å². The maximum absolute atomic E-state index is 13.2. The zero-order valence-electron chi connectivity index (χ0n) is 14.5. The number of carbonyl (C=O) groups excluding carboxylic acids is 2. The first-order chi connectivity index (χ1) is 12.5. The molecule has 1 aromatic carbocycles. The lowest BCUT2D eigenvalue weighted by Crippen LogP contribution is -2.15. The van der Waals surface area contributed by atoms with Gasteiger partial charge in [-0.2, -0.15) is 0 Å². The van der Waals surface area contributed by atoms with Gasteiger partial charge in [-0.1, -0.05) is 18.2 Å². The van der Waals surface area contributed by atoms with Crippen LogP contribution in [0.1, 0.15) is 37.0 Å². The van der Waals surface area contributed by atoms with Crippen LogP contribution in [0.5, 0.6) is 0 Å². The molecule has 3 rings (SSSR count). The second-order valence-electron chi connectivity index (χ2n) is 5.96. The lowest BCUT2D eigenvalue weighted by molar-refractivity contribution is 0.0474. The van der Waals surface area contributed by atoms with Crippen molar-refractivity contribution in [2.24, 2.45) is 0 Å². The second kappa shape index (κ2) is 7.66. The van der Waals surface area contributed by atoms with E-state index in [1.54, 1.807) is 17.4 Å². The molecule has 0 aliphatic carbocycles.